The first-order valence-corrected chi connectivity index (χ1v) is 11.1. The largest absolute Gasteiger partial charge is 0.322 e. The molecule has 0 aliphatic rings. The Morgan fingerprint density at radius 3 is 2.14 bits per heavy atom. The molecular weight excluding hydrogens is 487 g/mol. The maximum atomic E-state index is 12.6. The summed E-state index contributed by atoms with van der Waals surface area (Å²) in [6.45, 7) is 3.90. The molecule has 0 bridgehead atoms. The first kappa shape index (κ1) is 20.3. The Hall–Kier alpha value is -2.39. The van der Waals surface area contributed by atoms with Crippen LogP contribution in [0.2, 0.25) is 0 Å². The Kier molecular flexibility index (Phi) is 6.04. The smallest absolute Gasteiger partial charge is 0.261 e. The fourth-order valence-electron chi connectivity index (χ4n) is 2.58. The third-order valence-corrected chi connectivity index (χ3v) is 6.64. The highest BCUT2D eigenvalue weighted by atomic mass is 127. The predicted octanol–water partition coefficient (Wildman–Crippen LogP) is 4.96. The normalized spacial score (nSPS) is 11.1. The summed E-state index contributed by atoms with van der Waals surface area (Å²) in [6.07, 6.45) is 0. The summed E-state index contributed by atoms with van der Waals surface area (Å²) in [5.74, 6) is -0.242. The maximum Gasteiger partial charge on any atom is 0.261 e. The molecule has 0 aromatic heterocycles. The van der Waals surface area contributed by atoms with Gasteiger partial charge in [-0.15, -0.1) is 0 Å². The molecule has 0 heterocycles. The third-order valence-electron chi connectivity index (χ3n) is 4.30. The topological polar surface area (TPSA) is 75.3 Å². The molecule has 144 valence electrons. The van der Waals surface area contributed by atoms with Crippen molar-refractivity contribution in [2.24, 2.45) is 0 Å². The number of nitrogens with one attached hydrogen (secondary N) is 2. The molecule has 0 unspecified atom stereocenters. The summed E-state index contributed by atoms with van der Waals surface area (Å²) in [4.78, 5) is 12.5. The van der Waals surface area contributed by atoms with Crippen LogP contribution in [0.5, 0.6) is 0 Å². The number of amides is 1. The lowest BCUT2D eigenvalue weighted by Gasteiger charge is -2.11. The molecule has 5 nitrogen and oxygen atoms in total. The van der Waals surface area contributed by atoms with E-state index in [1.54, 1.807) is 36.4 Å². The SMILES string of the molecule is Cc1ccc(NS(=O)(=O)c2ccc(NC(=O)c3ccccc3I)cc2)cc1C. The Morgan fingerprint density at radius 1 is 0.857 bits per heavy atom. The fraction of sp³-hybridized carbons (Fsp3) is 0.0952. The van der Waals surface area contributed by atoms with Gasteiger partial charge in [-0.25, -0.2) is 8.42 Å². The minimum absolute atomic E-state index is 0.123. The number of carbonyl (C=O) groups is 1. The van der Waals surface area contributed by atoms with Crippen molar-refractivity contribution in [3.05, 3.63) is 87.0 Å². The van der Waals surface area contributed by atoms with Crippen LogP contribution in [0.15, 0.2) is 71.6 Å². The number of halogens is 1. The van der Waals surface area contributed by atoms with E-state index in [4.69, 9.17) is 0 Å². The van der Waals surface area contributed by atoms with E-state index in [0.717, 1.165) is 14.7 Å². The van der Waals surface area contributed by atoms with E-state index < -0.39 is 10.0 Å². The Morgan fingerprint density at radius 2 is 1.50 bits per heavy atom. The highest BCUT2D eigenvalue weighted by molar-refractivity contribution is 14.1. The molecule has 0 atom stereocenters. The van der Waals surface area contributed by atoms with Crippen LogP contribution in [-0.2, 0) is 10.0 Å². The van der Waals surface area contributed by atoms with Gasteiger partial charge in [0.1, 0.15) is 0 Å². The zero-order chi connectivity index (χ0) is 20.3. The standard InChI is InChI=1S/C21H19IN2O3S/c1-14-7-8-17(13-15(14)2)24-28(26,27)18-11-9-16(10-12-18)23-21(25)19-5-3-4-6-20(19)22/h3-13,24H,1-2H3,(H,23,25). The van der Waals surface area contributed by atoms with Crippen molar-refractivity contribution in [2.45, 2.75) is 18.7 Å². The molecule has 0 radical (unpaired) electrons. The molecule has 0 aliphatic heterocycles. The highest BCUT2D eigenvalue weighted by Crippen LogP contribution is 2.21. The molecule has 0 fully saturated rings. The van der Waals surface area contributed by atoms with Gasteiger partial charge in [-0.05, 0) is 96.1 Å². The average molecular weight is 506 g/mol. The lowest BCUT2D eigenvalue weighted by molar-refractivity contribution is 0.102. The van der Waals surface area contributed by atoms with E-state index in [-0.39, 0.29) is 10.8 Å². The molecule has 2 N–H and O–H groups in total. The van der Waals surface area contributed by atoms with E-state index in [9.17, 15) is 13.2 Å². The number of sulfonamides is 1. The molecule has 28 heavy (non-hydrogen) atoms. The first-order chi connectivity index (χ1) is 13.3. The van der Waals surface area contributed by atoms with Crippen LogP contribution in [-0.4, -0.2) is 14.3 Å². The van der Waals surface area contributed by atoms with Crippen LogP contribution in [0.25, 0.3) is 0 Å². The zero-order valence-electron chi connectivity index (χ0n) is 15.4. The Labute approximate surface area is 178 Å². The van der Waals surface area contributed by atoms with Gasteiger partial charge in [-0.3, -0.25) is 9.52 Å². The van der Waals surface area contributed by atoms with Crippen molar-refractivity contribution in [3.8, 4) is 0 Å². The predicted molar refractivity (Wildman–Crippen MR) is 120 cm³/mol. The number of aryl methyl sites for hydroxylation is 2. The van der Waals surface area contributed by atoms with Gasteiger partial charge in [0.15, 0.2) is 0 Å². The minimum Gasteiger partial charge on any atom is -0.322 e. The van der Waals surface area contributed by atoms with Gasteiger partial charge in [0, 0.05) is 14.9 Å². The first-order valence-electron chi connectivity index (χ1n) is 8.52. The summed E-state index contributed by atoms with van der Waals surface area (Å²) in [6, 6.07) is 18.7. The van der Waals surface area contributed by atoms with Crippen molar-refractivity contribution in [3.63, 3.8) is 0 Å². The van der Waals surface area contributed by atoms with Crippen molar-refractivity contribution in [1.82, 2.24) is 0 Å². The van der Waals surface area contributed by atoms with Gasteiger partial charge >= 0.3 is 0 Å². The van der Waals surface area contributed by atoms with Crippen LogP contribution in [0, 0.1) is 17.4 Å². The van der Waals surface area contributed by atoms with Crippen LogP contribution in [0.1, 0.15) is 21.5 Å². The van der Waals surface area contributed by atoms with Crippen LogP contribution >= 0.6 is 22.6 Å². The van der Waals surface area contributed by atoms with E-state index in [1.807, 2.05) is 32.0 Å². The van der Waals surface area contributed by atoms with E-state index in [1.165, 1.54) is 12.1 Å². The van der Waals surface area contributed by atoms with Crippen molar-refractivity contribution >= 4 is 49.9 Å². The summed E-state index contributed by atoms with van der Waals surface area (Å²) in [7, 11) is -3.71. The van der Waals surface area contributed by atoms with Crippen molar-refractivity contribution < 1.29 is 13.2 Å². The maximum absolute atomic E-state index is 12.6. The summed E-state index contributed by atoms with van der Waals surface area (Å²) in [5.41, 5.74) is 3.70. The molecule has 0 aliphatic carbocycles. The Balaban J connectivity index is 1.75. The lowest BCUT2D eigenvalue weighted by atomic mass is 10.1. The van der Waals surface area contributed by atoms with Gasteiger partial charge < -0.3 is 5.32 Å². The van der Waals surface area contributed by atoms with Crippen LogP contribution in [0.4, 0.5) is 11.4 Å². The van der Waals surface area contributed by atoms with E-state index >= 15 is 0 Å². The second kappa shape index (κ2) is 8.32. The number of carbonyl (C=O) groups excluding carboxylic acids is 1. The molecule has 3 aromatic rings. The van der Waals surface area contributed by atoms with Gasteiger partial charge in [-0.2, -0.15) is 0 Å². The highest BCUT2D eigenvalue weighted by Gasteiger charge is 2.15. The molecule has 3 aromatic carbocycles. The number of hydrogen-bond acceptors (Lipinski definition) is 3. The summed E-state index contributed by atoms with van der Waals surface area (Å²) >= 11 is 2.10. The minimum atomic E-state index is -3.71. The monoisotopic (exact) mass is 506 g/mol. The van der Waals surface area contributed by atoms with Gasteiger partial charge in [0.2, 0.25) is 0 Å². The number of rotatable bonds is 5. The fourth-order valence-corrected chi connectivity index (χ4v) is 4.26. The lowest BCUT2D eigenvalue weighted by Crippen LogP contribution is -2.15. The Bertz CT molecular complexity index is 1130. The van der Waals surface area contributed by atoms with Crippen molar-refractivity contribution in [2.75, 3.05) is 10.0 Å². The number of benzene rings is 3. The van der Waals surface area contributed by atoms with Gasteiger partial charge in [0.25, 0.3) is 15.9 Å². The molecule has 0 saturated heterocycles. The van der Waals surface area contributed by atoms with E-state index in [2.05, 4.69) is 32.6 Å². The van der Waals surface area contributed by atoms with Crippen molar-refractivity contribution in [1.29, 1.82) is 0 Å². The van der Waals surface area contributed by atoms with E-state index in [0.29, 0.717) is 16.9 Å². The molecule has 0 saturated carbocycles. The molecule has 0 spiro atoms. The quantitative estimate of drug-likeness (QED) is 0.481. The molecule has 1 amide bonds. The molecule has 3 rings (SSSR count). The van der Waals surface area contributed by atoms with Gasteiger partial charge in [-0.1, -0.05) is 18.2 Å². The number of hydrogen-bond donors (Lipinski definition) is 2. The van der Waals surface area contributed by atoms with Crippen LogP contribution < -0.4 is 10.0 Å². The van der Waals surface area contributed by atoms with Crippen LogP contribution in [0.3, 0.4) is 0 Å². The average Bonchev–Trinajstić information content (AvgIpc) is 2.65. The summed E-state index contributed by atoms with van der Waals surface area (Å²) < 4.78 is 28.6. The molecular formula is C21H19IN2O3S. The van der Waals surface area contributed by atoms with Gasteiger partial charge in [0.05, 0.1) is 10.5 Å². The summed E-state index contributed by atoms with van der Waals surface area (Å²) in [5, 5.41) is 2.78. The second-order valence-electron chi connectivity index (χ2n) is 6.36. The zero-order valence-corrected chi connectivity index (χ0v) is 18.3. The third kappa shape index (κ3) is 4.71. The second-order valence-corrected chi connectivity index (χ2v) is 9.21. The molecule has 7 heteroatoms. The number of anilines is 2.